The van der Waals surface area contributed by atoms with Crippen molar-refractivity contribution in [1.29, 1.82) is 0 Å². The Kier molecular flexibility index (Phi) is 4.13. The third-order valence-corrected chi connectivity index (χ3v) is 2.83. The minimum atomic E-state index is -0.684. The highest BCUT2D eigenvalue weighted by molar-refractivity contribution is 5.92. The fourth-order valence-corrected chi connectivity index (χ4v) is 1.77. The summed E-state index contributed by atoms with van der Waals surface area (Å²) in [5.74, 6) is -1.20. The molecule has 2 rings (SSSR count). The number of non-ortho nitro benzene ring substituents is 1. The number of nitrogens with one attached hydrogen (secondary N) is 1. The van der Waals surface area contributed by atoms with Crippen molar-refractivity contribution in [3.8, 4) is 0 Å². The quantitative estimate of drug-likeness (QED) is 0.652. The van der Waals surface area contributed by atoms with E-state index >= 15 is 0 Å². The molecule has 0 spiro atoms. The Labute approximate surface area is 119 Å². The van der Waals surface area contributed by atoms with Crippen molar-refractivity contribution in [2.24, 2.45) is 5.73 Å². The first-order chi connectivity index (χ1) is 9.95. The summed E-state index contributed by atoms with van der Waals surface area (Å²) in [6.07, 6.45) is 0. The zero-order chi connectivity index (χ0) is 15.4. The minimum Gasteiger partial charge on any atom is -0.381 e. The van der Waals surface area contributed by atoms with Crippen molar-refractivity contribution >= 4 is 17.3 Å². The lowest BCUT2D eigenvalue weighted by molar-refractivity contribution is -0.385. The van der Waals surface area contributed by atoms with Crippen LogP contribution in [0.4, 0.5) is 15.8 Å². The van der Waals surface area contributed by atoms with E-state index in [-0.39, 0.29) is 5.69 Å². The molecule has 0 unspecified atom stereocenters. The van der Waals surface area contributed by atoms with Gasteiger partial charge in [-0.25, -0.2) is 4.39 Å². The van der Waals surface area contributed by atoms with Gasteiger partial charge in [-0.15, -0.1) is 0 Å². The molecule has 0 aromatic heterocycles. The van der Waals surface area contributed by atoms with Gasteiger partial charge in [0.2, 0.25) is 5.91 Å². The number of primary amides is 1. The van der Waals surface area contributed by atoms with Crippen molar-refractivity contribution in [2.45, 2.75) is 6.54 Å². The van der Waals surface area contributed by atoms with Crippen LogP contribution in [0.1, 0.15) is 15.9 Å². The predicted molar refractivity (Wildman–Crippen MR) is 75.3 cm³/mol. The monoisotopic (exact) mass is 289 g/mol. The predicted octanol–water partition coefficient (Wildman–Crippen LogP) is 2.44. The molecule has 21 heavy (non-hydrogen) atoms. The van der Waals surface area contributed by atoms with Gasteiger partial charge in [0.05, 0.1) is 11.0 Å². The number of rotatable bonds is 5. The van der Waals surface area contributed by atoms with Gasteiger partial charge >= 0.3 is 0 Å². The smallest absolute Gasteiger partial charge is 0.274 e. The summed E-state index contributed by atoms with van der Waals surface area (Å²) in [5, 5.41) is 13.5. The van der Waals surface area contributed by atoms with E-state index in [0.29, 0.717) is 17.8 Å². The maximum atomic E-state index is 13.3. The third-order valence-electron chi connectivity index (χ3n) is 2.83. The van der Waals surface area contributed by atoms with Gasteiger partial charge in [0, 0.05) is 23.9 Å². The molecule has 0 aliphatic carbocycles. The molecule has 0 saturated carbocycles. The number of nitro groups is 1. The van der Waals surface area contributed by atoms with Crippen molar-refractivity contribution in [3.05, 3.63) is 69.5 Å². The van der Waals surface area contributed by atoms with E-state index in [0.717, 1.165) is 11.6 Å². The molecule has 0 bridgehead atoms. The Morgan fingerprint density at radius 3 is 2.48 bits per heavy atom. The van der Waals surface area contributed by atoms with Gasteiger partial charge in [0.1, 0.15) is 5.82 Å². The Balaban J connectivity index is 2.09. The molecular formula is C14H12FN3O3. The van der Waals surface area contributed by atoms with Gasteiger partial charge in [0.15, 0.2) is 0 Å². The van der Waals surface area contributed by atoms with Crippen LogP contribution in [0.15, 0.2) is 42.5 Å². The van der Waals surface area contributed by atoms with Gasteiger partial charge in [-0.1, -0.05) is 12.1 Å². The van der Waals surface area contributed by atoms with Crippen molar-refractivity contribution in [1.82, 2.24) is 0 Å². The van der Waals surface area contributed by atoms with Gasteiger partial charge in [0.25, 0.3) is 5.69 Å². The van der Waals surface area contributed by atoms with Crippen LogP contribution >= 0.6 is 0 Å². The van der Waals surface area contributed by atoms with Crippen molar-refractivity contribution in [3.63, 3.8) is 0 Å². The molecule has 2 aromatic carbocycles. The lowest BCUT2D eigenvalue weighted by Gasteiger charge is -2.07. The molecular weight excluding hydrogens is 277 g/mol. The van der Waals surface area contributed by atoms with Crippen LogP contribution in [0.5, 0.6) is 0 Å². The number of hydrogen-bond donors (Lipinski definition) is 2. The number of carbonyl (C=O) groups is 1. The first-order valence-electron chi connectivity index (χ1n) is 6.03. The second-order valence-corrected chi connectivity index (χ2v) is 4.37. The number of nitro benzene ring substituents is 1. The summed E-state index contributed by atoms with van der Waals surface area (Å²) < 4.78 is 13.3. The Morgan fingerprint density at radius 1 is 1.24 bits per heavy atom. The summed E-state index contributed by atoms with van der Waals surface area (Å²) in [7, 11) is 0. The number of nitrogens with zero attached hydrogens (tertiary/aromatic N) is 1. The first kappa shape index (κ1) is 14.4. The molecule has 1 amide bonds. The van der Waals surface area contributed by atoms with Crippen molar-refractivity contribution in [2.75, 3.05) is 5.32 Å². The zero-order valence-corrected chi connectivity index (χ0v) is 10.9. The van der Waals surface area contributed by atoms with Gasteiger partial charge in [-0.2, -0.15) is 0 Å². The second-order valence-electron chi connectivity index (χ2n) is 4.37. The SMILES string of the molecule is NC(=O)c1ccc(CNc2cc(F)cc([N+](=O)[O-])c2)cc1. The maximum Gasteiger partial charge on any atom is 0.274 e. The highest BCUT2D eigenvalue weighted by atomic mass is 19.1. The Morgan fingerprint density at radius 2 is 1.90 bits per heavy atom. The highest BCUT2D eigenvalue weighted by Crippen LogP contribution is 2.20. The van der Waals surface area contributed by atoms with Crippen LogP contribution in [0.2, 0.25) is 0 Å². The van der Waals surface area contributed by atoms with E-state index in [1.165, 1.54) is 12.1 Å². The van der Waals surface area contributed by atoms with Crippen LogP contribution < -0.4 is 11.1 Å². The third kappa shape index (κ3) is 3.75. The molecule has 108 valence electrons. The minimum absolute atomic E-state index is 0.306. The molecule has 6 nitrogen and oxygen atoms in total. The number of hydrogen-bond acceptors (Lipinski definition) is 4. The van der Waals surface area contributed by atoms with Crippen molar-refractivity contribution < 1.29 is 14.1 Å². The average molecular weight is 289 g/mol. The Bertz CT molecular complexity index is 686. The van der Waals surface area contributed by atoms with Gasteiger partial charge < -0.3 is 11.1 Å². The molecule has 0 heterocycles. The molecule has 0 fully saturated rings. The molecule has 3 N–H and O–H groups in total. The largest absolute Gasteiger partial charge is 0.381 e. The highest BCUT2D eigenvalue weighted by Gasteiger charge is 2.09. The lowest BCUT2D eigenvalue weighted by atomic mass is 10.1. The standard InChI is InChI=1S/C14H12FN3O3/c15-11-5-12(7-13(6-11)18(20)21)17-8-9-1-3-10(4-2-9)14(16)19/h1-7,17H,8H2,(H2,16,19). The summed E-state index contributed by atoms with van der Waals surface area (Å²) >= 11 is 0. The zero-order valence-electron chi connectivity index (χ0n) is 10.9. The fraction of sp³-hybridized carbons (Fsp3) is 0.0714. The molecule has 7 heteroatoms. The van der Waals surface area contributed by atoms with E-state index in [2.05, 4.69) is 5.32 Å². The number of carbonyl (C=O) groups excluding carboxylic acids is 1. The molecule has 0 aliphatic heterocycles. The van der Waals surface area contributed by atoms with E-state index in [1.807, 2.05) is 0 Å². The Hall–Kier alpha value is -2.96. The van der Waals surface area contributed by atoms with Crippen LogP contribution in [0.3, 0.4) is 0 Å². The fourth-order valence-electron chi connectivity index (χ4n) is 1.77. The number of halogens is 1. The molecule has 0 aliphatic rings. The van der Waals surface area contributed by atoms with Gasteiger partial charge in [-0.3, -0.25) is 14.9 Å². The summed E-state index contributed by atoms with van der Waals surface area (Å²) in [6.45, 7) is 0.333. The molecule has 0 atom stereocenters. The number of benzene rings is 2. The topological polar surface area (TPSA) is 98.3 Å². The molecule has 0 radical (unpaired) electrons. The van der Waals surface area contributed by atoms with E-state index in [4.69, 9.17) is 5.73 Å². The first-order valence-corrected chi connectivity index (χ1v) is 6.03. The number of amides is 1. The number of nitrogens with two attached hydrogens (primary N) is 1. The normalized spacial score (nSPS) is 10.1. The van der Waals surface area contributed by atoms with E-state index in [9.17, 15) is 19.3 Å². The van der Waals surface area contributed by atoms with Gasteiger partial charge in [-0.05, 0) is 23.8 Å². The van der Waals surface area contributed by atoms with Crippen LogP contribution in [-0.2, 0) is 6.54 Å². The van der Waals surface area contributed by atoms with E-state index < -0.39 is 16.6 Å². The molecule has 2 aromatic rings. The average Bonchev–Trinajstić information content (AvgIpc) is 2.45. The summed E-state index contributed by atoms with van der Waals surface area (Å²) in [6, 6.07) is 9.82. The van der Waals surface area contributed by atoms with Crippen LogP contribution in [0.25, 0.3) is 0 Å². The second kappa shape index (κ2) is 6.00. The summed E-state index contributed by atoms with van der Waals surface area (Å²) in [5.41, 5.74) is 6.33. The lowest BCUT2D eigenvalue weighted by Crippen LogP contribution is -2.10. The molecule has 0 saturated heterocycles. The van der Waals surface area contributed by atoms with Crippen LogP contribution in [0, 0.1) is 15.9 Å². The number of anilines is 1. The summed E-state index contributed by atoms with van der Waals surface area (Å²) in [4.78, 5) is 20.9. The van der Waals surface area contributed by atoms with Crippen LogP contribution in [-0.4, -0.2) is 10.8 Å². The maximum absolute atomic E-state index is 13.3. The van der Waals surface area contributed by atoms with E-state index in [1.54, 1.807) is 24.3 Å².